The lowest BCUT2D eigenvalue weighted by molar-refractivity contribution is 0.747. The highest BCUT2D eigenvalue weighted by Crippen LogP contribution is 2.26. The monoisotopic (exact) mass is 392 g/mol. The normalized spacial score (nSPS) is 12.0. The summed E-state index contributed by atoms with van der Waals surface area (Å²) in [7, 11) is 0. The molecule has 1 N–H and O–H groups in total. The van der Waals surface area contributed by atoms with Gasteiger partial charge in [-0.25, -0.2) is 0 Å². The maximum atomic E-state index is 5.02. The highest BCUT2D eigenvalue weighted by Gasteiger charge is 2.15. The summed E-state index contributed by atoms with van der Waals surface area (Å²) in [5, 5.41) is 3.73. The molecule has 0 radical (unpaired) electrons. The molecular formula is C28H28N2. The van der Waals surface area contributed by atoms with Gasteiger partial charge in [-0.05, 0) is 47.7 Å². The zero-order valence-electron chi connectivity index (χ0n) is 17.6. The fraction of sp³-hybridized carbons (Fsp3) is 0.179. The minimum Gasteiger partial charge on any atom is -0.376 e. The first-order valence-electron chi connectivity index (χ1n) is 10.6. The Morgan fingerprint density at radius 1 is 0.700 bits per heavy atom. The summed E-state index contributed by atoms with van der Waals surface area (Å²) in [5.41, 5.74) is 6.95. The molecule has 1 heterocycles. The Hall–Kier alpha value is -3.39. The van der Waals surface area contributed by atoms with E-state index in [2.05, 4.69) is 116 Å². The summed E-state index contributed by atoms with van der Waals surface area (Å²) in [4.78, 5) is 5.02. The predicted molar refractivity (Wildman–Crippen MR) is 127 cm³/mol. The predicted octanol–water partition coefficient (Wildman–Crippen LogP) is 7.27. The van der Waals surface area contributed by atoms with Gasteiger partial charge in [0, 0.05) is 11.3 Å². The van der Waals surface area contributed by atoms with Crippen LogP contribution in [-0.2, 0) is 6.42 Å². The highest BCUT2D eigenvalue weighted by atomic mass is 14.9. The molecule has 30 heavy (non-hydrogen) atoms. The number of aromatic nitrogens is 1. The molecule has 4 aromatic rings. The molecule has 0 aliphatic carbocycles. The Labute approximate surface area is 179 Å². The van der Waals surface area contributed by atoms with E-state index in [0.29, 0.717) is 5.92 Å². The van der Waals surface area contributed by atoms with Crippen molar-refractivity contribution >= 4 is 5.69 Å². The molecular weight excluding hydrogens is 364 g/mol. The van der Waals surface area contributed by atoms with Gasteiger partial charge in [0.1, 0.15) is 0 Å². The third-order valence-electron chi connectivity index (χ3n) is 5.40. The Kier molecular flexibility index (Phi) is 6.24. The average molecular weight is 393 g/mol. The zero-order valence-corrected chi connectivity index (χ0v) is 17.6. The second-order valence-electron chi connectivity index (χ2n) is 7.98. The number of hydrogen-bond acceptors (Lipinski definition) is 2. The summed E-state index contributed by atoms with van der Waals surface area (Å²) in [6, 6.07) is 36.1. The molecule has 1 atom stereocenters. The van der Waals surface area contributed by atoms with E-state index in [1.165, 1.54) is 11.1 Å². The Morgan fingerprint density at radius 2 is 1.37 bits per heavy atom. The van der Waals surface area contributed by atoms with E-state index in [4.69, 9.17) is 4.98 Å². The minimum atomic E-state index is 0.0842. The van der Waals surface area contributed by atoms with Gasteiger partial charge < -0.3 is 5.32 Å². The fourth-order valence-electron chi connectivity index (χ4n) is 3.66. The van der Waals surface area contributed by atoms with Crippen LogP contribution in [0.5, 0.6) is 0 Å². The summed E-state index contributed by atoms with van der Waals surface area (Å²) < 4.78 is 0. The molecule has 0 bridgehead atoms. The molecule has 4 rings (SSSR count). The Bertz CT molecular complexity index is 1050. The fourth-order valence-corrected chi connectivity index (χ4v) is 3.66. The maximum Gasteiger partial charge on any atom is 0.0725 e. The molecule has 0 aliphatic heterocycles. The summed E-state index contributed by atoms with van der Waals surface area (Å²) >= 11 is 0. The Morgan fingerprint density at radius 3 is 2.03 bits per heavy atom. The van der Waals surface area contributed by atoms with Gasteiger partial charge in [0.05, 0.1) is 17.4 Å². The molecule has 0 amide bonds. The van der Waals surface area contributed by atoms with Crippen molar-refractivity contribution in [3.05, 3.63) is 120 Å². The van der Waals surface area contributed by atoms with Gasteiger partial charge in [-0.15, -0.1) is 0 Å². The topological polar surface area (TPSA) is 24.9 Å². The Balaban J connectivity index is 1.65. The summed E-state index contributed by atoms with van der Waals surface area (Å²) in [6.07, 6.45) is 0.873. The number of benzene rings is 3. The standard InChI is InChI=1S/C28H28N2/c1-21(2)23-16-18-25(19-17-23)29-28(20-22-10-5-3-6-11-22)27-15-9-14-26(30-27)24-12-7-4-8-13-24/h3-19,21,28-29H,20H2,1-2H3. The third-order valence-corrected chi connectivity index (χ3v) is 5.40. The molecule has 1 aromatic heterocycles. The number of pyridine rings is 1. The zero-order chi connectivity index (χ0) is 20.8. The van der Waals surface area contributed by atoms with Crippen LogP contribution in [0.4, 0.5) is 5.69 Å². The summed E-state index contributed by atoms with van der Waals surface area (Å²) in [6.45, 7) is 4.44. The van der Waals surface area contributed by atoms with E-state index in [-0.39, 0.29) is 6.04 Å². The van der Waals surface area contributed by atoms with E-state index in [1.54, 1.807) is 0 Å². The number of nitrogens with zero attached hydrogens (tertiary/aromatic N) is 1. The molecule has 2 heteroatoms. The molecule has 0 saturated heterocycles. The molecule has 1 unspecified atom stereocenters. The van der Waals surface area contributed by atoms with Crippen LogP contribution in [0.3, 0.4) is 0 Å². The van der Waals surface area contributed by atoms with Crippen molar-refractivity contribution < 1.29 is 0 Å². The van der Waals surface area contributed by atoms with E-state index >= 15 is 0 Å². The summed E-state index contributed by atoms with van der Waals surface area (Å²) in [5.74, 6) is 0.531. The van der Waals surface area contributed by atoms with Gasteiger partial charge in [0.2, 0.25) is 0 Å². The highest BCUT2D eigenvalue weighted by molar-refractivity contribution is 5.59. The van der Waals surface area contributed by atoms with Gasteiger partial charge in [-0.1, -0.05) is 92.7 Å². The quantitative estimate of drug-likeness (QED) is 0.358. The maximum absolute atomic E-state index is 5.02. The molecule has 0 saturated carbocycles. The van der Waals surface area contributed by atoms with Gasteiger partial charge >= 0.3 is 0 Å². The van der Waals surface area contributed by atoms with Crippen LogP contribution >= 0.6 is 0 Å². The average Bonchev–Trinajstić information content (AvgIpc) is 2.80. The van der Waals surface area contributed by atoms with Crippen molar-refractivity contribution in [1.29, 1.82) is 0 Å². The van der Waals surface area contributed by atoms with Gasteiger partial charge in [0.25, 0.3) is 0 Å². The van der Waals surface area contributed by atoms with Crippen LogP contribution in [0.25, 0.3) is 11.3 Å². The first kappa shape index (κ1) is 19.9. The van der Waals surface area contributed by atoms with E-state index in [0.717, 1.165) is 29.1 Å². The van der Waals surface area contributed by atoms with Crippen LogP contribution in [-0.4, -0.2) is 4.98 Å². The first-order valence-corrected chi connectivity index (χ1v) is 10.6. The second kappa shape index (κ2) is 9.41. The molecule has 0 aliphatic rings. The van der Waals surface area contributed by atoms with Crippen LogP contribution in [0.15, 0.2) is 103 Å². The van der Waals surface area contributed by atoms with Crippen LogP contribution in [0.1, 0.15) is 42.6 Å². The van der Waals surface area contributed by atoms with Crippen molar-refractivity contribution in [2.24, 2.45) is 0 Å². The smallest absolute Gasteiger partial charge is 0.0725 e. The van der Waals surface area contributed by atoms with E-state index in [9.17, 15) is 0 Å². The lowest BCUT2D eigenvalue weighted by atomic mass is 10.0. The minimum absolute atomic E-state index is 0.0842. The van der Waals surface area contributed by atoms with Crippen molar-refractivity contribution in [3.8, 4) is 11.3 Å². The van der Waals surface area contributed by atoms with E-state index < -0.39 is 0 Å². The number of anilines is 1. The molecule has 0 spiro atoms. The number of nitrogens with one attached hydrogen (secondary N) is 1. The van der Waals surface area contributed by atoms with Crippen LogP contribution < -0.4 is 5.32 Å². The lowest BCUT2D eigenvalue weighted by Crippen LogP contribution is -2.15. The second-order valence-corrected chi connectivity index (χ2v) is 7.98. The van der Waals surface area contributed by atoms with E-state index in [1.807, 2.05) is 6.07 Å². The van der Waals surface area contributed by atoms with Crippen molar-refractivity contribution in [2.45, 2.75) is 32.2 Å². The van der Waals surface area contributed by atoms with Gasteiger partial charge in [-0.2, -0.15) is 0 Å². The van der Waals surface area contributed by atoms with Crippen molar-refractivity contribution in [3.63, 3.8) is 0 Å². The SMILES string of the molecule is CC(C)c1ccc(NC(Cc2ccccc2)c2cccc(-c3ccccc3)n2)cc1. The first-order chi connectivity index (χ1) is 14.7. The number of rotatable bonds is 7. The number of hydrogen-bond donors (Lipinski definition) is 1. The molecule has 150 valence electrons. The van der Waals surface area contributed by atoms with Crippen LogP contribution in [0.2, 0.25) is 0 Å². The largest absolute Gasteiger partial charge is 0.376 e. The van der Waals surface area contributed by atoms with Gasteiger partial charge in [0.15, 0.2) is 0 Å². The molecule has 0 fully saturated rings. The molecule has 2 nitrogen and oxygen atoms in total. The lowest BCUT2D eigenvalue weighted by Gasteiger charge is -2.21. The van der Waals surface area contributed by atoms with Crippen LogP contribution in [0, 0.1) is 0 Å². The molecule has 3 aromatic carbocycles. The van der Waals surface area contributed by atoms with Crippen molar-refractivity contribution in [2.75, 3.05) is 5.32 Å². The van der Waals surface area contributed by atoms with Crippen molar-refractivity contribution in [1.82, 2.24) is 4.98 Å². The van der Waals surface area contributed by atoms with Gasteiger partial charge in [-0.3, -0.25) is 4.98 Å². The third kappa shape index (κ3) is 4.96.